The summed E-state index contributed by atoms with van der Waals surface area (Å²) in [5, 5.41) is 9.83. The van der Waals surface area contributed by atoms with Gasteiger partial charge >= 0.3 is 12.2 Å². The zero-order valence-corrected chi connectivity index (χ0v) is 25.5. The summed E-state index contributed by atoms with van der Waals surface area (Å²) in [6.07, 6.45) is 3.47. The molecule has 11 nitrogen and oxygen atoms in total. The van der Waals surface area contributed by atoms with Gasteiger partial charge in [0.15, 0.2) is 5.65 Å². The summed E-state index contributed by atoms with van der Waals surface area (Å²) >= 11 is 0. The van der Waals surface area contributed by atoms with Gasteiger partial charge in [0.25, 0.3) is 0 Å². The number of fused-ring (bicyclic) bond motifs is 2. The summed E-state index contributed by atoms with van der Waals surface area (Å²) in [4.78, 5) is 31.7. The molecule has 4 aromatic rings. The van der Waals surface area contributed by atoms with Crippen LogP contribution in [0.25, 0.3) is 5.65 Å². The number of alkyl carbamates (subject to hydrolysis) is 1. The van der Waals surface area contributed by atoms with Crippen LogP contribution in [-0.4, -0.2) is 51.6 Å². The molecule has 44 heavy (non-hydrogen) atoms. The molecule has 12 heteroatoms. The Morgan fingerprint density at radius 2 is 1.86 bits per heavy atom. The Hall–Kier alpha value is -4.87. The van der Waals surface area contributed by atoms with Gasteiger partial charge in [-0.1, -0.05) is 18.2 Å². The maximum atomic E-state index is 14.6. The first-order valence-corrected chi connectivity index (χ1v) is 14.6. The zero-order valence-electron chi connectivity index (χ0n) is 25.5. The fourth-order valence-electron chi connectivity index (χ4n) is 5.03. The molecule has 3 heterocycles. The van der Waals surface area contributed by atoms with Gasteiger partial charge in [-0.2, -0.15) is 5.10 Å². The quantitative estimate of drug-likeness (QED) is 0.241. The van der Waals surface area contributed by atoms with Crippen LogP contribution in [0.3, 0.4) is 0 Å². The van der Waals surface area contributed by atoms with Gasteiger partial charge < -0.3 is 24.4 Å². The summed E-state index contributed by atoms with van der Waals surface area (Å²) in [7, 11) is 0. The summed E-state index contributed by atoms with van der Waals surface area (Å²) in [5.41, 5.74) is 1.85. The zero-order chi connectivity index (χ0) is 31.4. The molecule has 0 fully saturated rings. The second-order valence-electron chi connectivity index (χ2n) is 11.7. The third-order valence-corrected chi connectivity index (χ3v) is 7.00. The fraction of sp³-hybridized carbons (Fsp3) is 0.375. The van der Waals surface area contributed by atoms with Gasteiger partial charge in [0.1, 0.15) is 40.5 Å². The fourth-order valence-corrected chi connectivity index (χ4v) is 5.03. The maximum absolute atomic E-state index is 14.6. The van der Waals surface area contributed by atoms with Crippen molar-refractivity contribution in [1.29, 1.82) is 0 Å². The van der Waals surface area contributed by atoms with Crippen molar-refractivity contribution in [2.45, 2.75) is 65.2 Å². The lowest BCUT2D eigenvalue weighted by molar-refractivity contribution is 0.0504. The molecular formula is C32H37FN6O5. The van der Waals surface area contributed by atoms with Gasteiger partial charge in [0.2, 0.25) is 0 Å². The number of carbonyl (C=O) groups is 2. The lowest BCUT2D eigenvalue weighted by Crippen LogP contribution is -2.38. The Kier molecular flexibility index (Phi) is 8.88. The molecule has 0 bridgehead atoms. The second-order valence-corrected chi connectivity index (χ2v) is 11.7. The number of hydrogen-bond donors (Lipinski definition) is 2. The molecule has 1 aliphatic rings. The number of para-hydroxylation sites is 1. The van der Waals surface area contributed by atoms with E-state index in [0.29, 0.717) is 40.8 Å². The first kappa shape index (κ1) is 30.6. The number of hydrogen-bond acceptors (Lipinski definition) is 8. The highest BCUT2D eigenvalue weighted by Gasteiger charge is 2.28. The van der Waals surface area contributed by atoms with Gasteiger partial charge in [-0.3, -0.25) is 5.32 Å². The molecule has 0 saturated carbocycles. The first-order valence-electron chi connectivity index (χ1n) is 14.6. The van der Waals surface area contributed by atoms with Crippen molar-refractivity contribution in [3.63, 3.8) is 0 Å². The van der Waals surface area contributed by atoms with Crippen molar-refractivity contribution in [2.75, 3.05) is 23.3 Å². The third kappa shape index (κ3) is 7.36. The summed E-state index contributed by atoms with van der Waals surface area (Å²) in [5.74, 6) is 1.24. The van der Waals surface area contributed by atoms with Gasteiger partial charge in [0, 0.05) is 23.9 Å². The molecule has 2 aromatic carbocycles. The molecule has 2 N–H and O–H groups in total. The van der Waals surface area contributed by atoms with Crippen molar-refractivity contribution in [3.8, 4) is 11.5 Å². The number of halogens is 1. The highest BCUT2D eigenvalue weighted by atomic mass is 19.1. The van der Waals surface area contributed by atoms with E-state index < -0.39 is 29.7 Å². The predicted octanol–water partition coefficient (Wildman–Crippen LogP) is 6.29. The number of aryl methyl sites for hydroxylation is 1. The first-order chi connectivity index (χ1) is 21.0. The van der Waals surface area contributed by atoms with E-state index in [2.05, 4.69) is 20.6 Å². The topological polar surface area (TPSA) is 119 Å². The smallest absolute Gasteiger partial charge is 0.417 e. The van der Waals surface area contributed by atoms with Crippen LogP contribution in [0.15, 0.2) is 60.9 Å². The summed E-state index contributed by atoms with van der Waals surface area (Å²) in [6, 6.07) is 12.9. The lowest BCUT2D eigenvalue weighted by Gasteiger charge is -2.36. The molecular weight excluding hydrogens is 567 g/mol. The van der Waals surface area contributed by atoms with E-state index in [1.807, 2.05) is 26.1 Å². The van der Waals surface area contributed by atoms with Crippen molar-refractivity contribution in [1.82, 2.24) is 19.9 Å². The van der Waals surface area contributed by atoms with E-state index in [-0.39, 0.29) is 12.6 Å². The average molecular weight is 605 g/mol. The number of anilines is 2. The normalized spacial score (nSPS) is 14.4. The Labute approximate surface area is 255 Å². The molecule has 0 radical (unpaired) electrons. The van der Waals surface area contributed by atoms with Crippen LogP contribution in [0.4, 0.5) is 25.5 Å². The van der Waals surface area contributed by atoms with Crippen LogP contribution in [0.1, 0.15) is 58.2 Å². The number of ether oxygens (including phenoxy) is 3. The molecule has 2 aromatic heterocycles. The number of amides is 2. The monoisotopic (exact) mass is 604 g/mol. The van der Waals surface area contributed by atoms with E-state index in [4.69, 9.17) is 19.2 Å². The van der Waals surface area contributed by atoms with Crippen LogP contribution < -0.4 is 25.0 Å². The van der Waals surface area contributed by atoms with Gasteiger partial charge in [-0.05, 0) is 77.8 Å². The van der Waals surface area contributed by atoms with Crippen molar-refractivity contribution in [2.24, 2.45) is 0 Å². The largest absolute Gasteiger partial charge is 0.489 e. The molecule has 1 aliphatic heterocycles. The van der Waals surface area contributed by atoms with Gasteiger partial charge in [0.05, 0.1) is 18.8 Å². The van der Waals surface area contributed by atoms with Gasteiger partial charge in [-0.15, -0.1) is 0 Å². The van der Waals surface area contributed by atoms with Crippen LogP contribution in [0.5, 0.6) is 11.5 Å². The summed E-state index contributed by atoms with van der Waals surface area (Å²) in [6.45, 7) is 10.1. The second kappa shape index (κ2) is 12.8. The standard InChI is InChI=1S/C32H37FN6O5/c1-20(17-34-30(40)44-32(3,4)5)42-27-14-13-23(33)16-25(27)21(2)38-15-9-10-22-19-39-29(37-28(22)38)26(18-35-39)36-31(41)43-24-11-7-6-8-12-24/h6-8,11-14,16,18-21H,9-10,15,17H2,1-5H3,(H,34,40)(H,36,41)/t20-,21+/m0/s1. The van der Waals surface area contributed by atoms with E-state index >= 15 is 0 Å². The lowest BCUT2D eigenvalue weighted by atomic mass is 10.0. The van der Waals surface area contributed by atoms with Crippen LogP contribution in [0, 0.1) is 5.82 Å². The molecule has 232 valence electrons. The van der Waals surface area contributed by atoms with E-state index in [1.54, 1.807) is 55.6 Å². The van der Waals surface area contributed by atoms with E-state index in [0.717, 1.165) is 18.4 Å². The number of nitrogens with zero attached hydrogens (tertiary/aromatic N) is 4. The van der Waals surface area contributed by atoms with Crippen LogP contribution in [-0.2, 0) is 11.2 Å². The Morgan fingerprint density at radius 1 is 1.09 bits per heavy atom. The SMILES string of the molecule is C[C@H](c1cc(F)ccc1O[C@@H](C)CNC(=O)OC(C)(C)C)N1CCCc2cn3ncc(NC(=O)Oc4ccccc4)c3nc21. The Bertz CT molecular complexity index is 1640. The highest BCUT2D eigenvalue weighted by molar-refractivity contribution is 5.90. The van der Waals surface area contributed by atoms with Crippen LogP contribution >= 0.6 is 0 Å². The molecule has 2 amide bonds. The highest BCUT2D eigenvalue weighted by Crippen LogP contribution is 2.37. The Morgan fingerprint density at radius 3 is 2.61 bits per heavy atom. The van der Waals surface area contributed by atoms with Crippen LogP contribution in [0.2, 0.25) is 0 Å². The van der Waals surface area contributed by atoms with Crippen molar-refractivity contribution in [3.05, 3.63) is 77.9 Å². The average Bonchev–Trinajstić information content (AvgIpc) is 3.35. The van der Waals surface area contributed by atoms with Crippen molar-refractivity contribution < 1.29 is 28.2 Å². The molecule has 0 aliphatic carbocycles. The number of rotatable bonds is 8. The molecule has 2 atom stereocenters. The summed E-state index contributed by atoms with van der Waals surface area (Å²) < 4.78 is 33.1. The minimum Gasteiger partial charge on any atom is -0.489 e. The molecule has 0 saturated heterocycles. The third-order valence-electron chi connectivity index (χ3n) is 7.00. The number of carbonyl (C=O) groups excluding carboxylic acids is 2. The minimum absolute atomic E-state index is 0.204. The maximum Gasteiger partial charge on any atom is 0.417 e. The number of benzene rings is 2. The predicted molar refractivity (Wildman–Crippen MR) is 164 cm³/mol. The molecule has 0 unspecified atom stereocenters. The molecule has 5 rings (SSSR count). The minimum atomic E-state index is -0.660. The number of nitrogens with one attached hydrogen (secondary N) is 2. The molecule has 0 spiro atoms. The van der Waals surface area contributed by atoms with E-state index in [9.17, 15) is 14.0 Å². The number of aromatic nitrogens is 3. The van der Waals surface area contributed by atoms with Gasteiger partial charge in [-0.25, -0.2) is 23.5 Å². The Balaban J connectivity index is 1.36. The van der Waals surface area contributed by atoms with Crippen molar-refractivity contribution >= 4 is 29.3 Å². The van der Waals surface area contributed by atoms with E-state index in [1.165, 1.54) is 18.3 Å².